The van der Waals surface area contributed by atoms with Crippen LogP contribution in [0.5, 0.6) is 0 Å². The normalized spacial score (nSPS) is 22.2. The van der Waals surface area contributed by atoms with Crippen molar-refractivity contribution in [2.45, 2.75) is 26.4 Å². The third kappa shape index (κ3) is 1.97. The van der Waals surface area contributed by atoms with Gasteiger partial charge in [0.2, 0.25) is 5.78 Å². The molecule has 0 aromatic heterocycles. The summed E-state index contributed by atoms with van der Waals surface area (Å²) in [6, 6.07) is 6.72. The average molecular weight is 262 g/mol. The van der Waals surface area contributed by atoms with E-state index in [-0.39, 0.29) is 11.5 Å². The molecule has 1 aromatic rings. The molecule has 2 rings (SSSR count). The van der Waals surface area contributed by atoms with Gasteiger partial charge in [0, 0.05) is 23.6 Å². The summed E-state index contributed by atoms with van der Waals surface area (Å²) in [6.07, 6.45) is 0. The number of benzene rings is 1. The number of fused-ring (bicyclic) bond motifs is 1. The fraction of sp³-hybridized carbons (Fsp3) is 0.286. The maximum Gasteiger partial charge on any atom is 0.308 e. The largest absolute Gasteiger partial charge is 0.426 e. The number of ether oxygens (including phenoxy) is 1. The fourth-order valence-corrected chi connectivity index (χ4v) is 2.11. The molecular formula is C14H14O5. The summed E-state index contributed by atoms with van der Waals surface area (Å²) in [5.41, 5.74) is -0.316. The van der Waals surface area contributed by atoms with Gasteiger partial charge in [-0.1, -0.05) is 24.3 Å². The summed E-state index contributed by atoms with van der Waals surface area (Å²) >= 11 is 0. The summed E-state index contributed by atoms with van der Waals surface area (Å²) in [4.78, 5) is 27.9. The predicted molar refractivity (Wildman–Crippen MR) is 67.3 cm³/mol. The van der Waals surface area contributed by atoms with Gasteiger partial charge in [0.25, 0.3) is 0 Å². The summed E-state index contributed by atoms with van der Waals surface area (Å²) in [7, 11) is 0. The maximum absolute atomic E-state index is 12.4. The number of hydrogen-bond donors (Lipinski definition) is 1. The van der Waals surface area contributed by atoms with Crippen LogP contribution in [0.3, 0.4) is 0 Å². The van der Waals surface area contributed by atoms with E-state index in [0.29, 0.717) is 16.7 Å². The molecule has 0 fully saturated rings. The molecule has 0 saturated carbocycles. The molecule has 1 aliphatic carbocycles. The van der Waals surface area contributed by atoms with Crippen LogP contribution in [-0.4, -0.2) is 22.6 Å². The monoisotopic (exact) mass is 262 g/mol. The zero-order chi connectivity index (χ0) is 14.2. The number of carbonyl (C=O) groups is 2. The Balaban J connectivity index is 2.71. The molecule has 5 nitrogen and oxygen atoms in total. The lowest BCUT2D eigenvalue weighted by Gasteiger charge is -2.32. The van der Waals surface area contributed by atoms with Crippen LogP contribution in [0.15, 0.2) is 29.8 Å². The third-order valence-corrected chi connectivity index (χ3v) is 3.33. The average Bonchev–Trinajstić information content (AvgIpc) is 2.41. The molecule has 0 aliphatic heterocycles. The standard InChI is InChI=1S/C14H14O5/c1-8-12(18-9(2)15)10-6-4-5-7-11(10)13(16)14(8,3)19-17/h4-7,17H,1-3H3. The van der Waals surface area contributed by atoms with E-state index in [9.17, 15) is 9.59 Å². The highest BCUT2D eigenvalue weighted by Gasteiger charge is 2.45. The number of ketones is 1. The number of rotatable bonds is 2. The second kappa shape index (κ2) is 4.60. The molecule has 1 atom stereocenters. The van der Waals surface area contributed by atoms with E-state index in [0.717, 1.165) is 0 Å². The molecule has 0 amide bonds. The van der Waals surface area contributed by atoms with E-state index in [2.05, 4.69) is 4.89 Å². The molecule has 1 aliphatic rings. The Labute approximate surface area is 110 Å². The molecule has 0 bridgehead atoms. The first-order valence-electron chi connectivity index (χ1n) is 5.78. The van der Waals surface area contributed by atoms with Crippen LogP contribution < -0.4 is 0 Å². The molecule has 1 aromatic carbocycles. The molecule has 100 valence electrons. The van der Waals surface area contributed by atoms with Crippen molar-refractivity contribution in [3.05, 3.63) is 41.0 Å². The van der Waals surface area contributed by atoms with Gasteiger partial charge >= 0.3 is 5.97 Å². The number of carbonyl (C=O) groups excluding carboxylic acids is 2. The first kappa shape index (κ1) is 13.5. The van der Waals surface area contributed by atoms with Crippen LogP contribution >= 0.6 is 0 Å². The first-order chi connectivity index (χ1) is 8.91. The second-order valence-corrected chi connectivity index (χ2v) is 4.55. The Bertz CT molecular complexity index is 587. The van der Waals surface area contributed by atoms with E-state index in [1.54, 1.807) is 31.2 Å². The van der Waals surface area contributed by atoms with Gasteiger partial charge in [-0.15, -0.1) is 0 Å². The minimum atomic E-state index is -1.54. The van der Waals surface area contributed by atoms with Crippen molar-refractivity contribution in [2.75, 3.05) is 0 Å². The topological polar surface area (TPSA) is 72.8 Å². The zero-order valence-electron chi connectivity index (χ0n) is 10.9. The quantitative estimate of drug-likeness (QED) is 0.503. The van der Waals surface area contributed by atoms with Gasteiger partial charge in [-0.25, -0.2) is 4.89 Å². The van der Waals surface area contributed by atoms with Gasteiger partial charge < -0.3 is 4.74 Å². The van der Waals surface area contributed by atoms with Crippen molar-refractivity contribution in [3.63, 3.8) is 0 Å². The summed E-state index contributed by atoms with van der Waals surface area (Å²) in [5, 5.41) is 9.07. The van der Waals surface area contributed by atoms with Crippen LogP contribution in [0, 0.1) is 0 Å². The number of esters is 1. The second-order valence-electron chi connectivity index (χ2n) is 4.55. The van der Waals surface area contributed by atoms with Crippen LogP contribution in [-0.2, 0) is 14.4 Å². The zero-order valence-corrected chi connectivity index (χ0v) is 10.9. The van der Waals surface area contributed by atoms with Gasteiger partial charge in [0.1, 0.15) is 5.76 Å². The van der Waals surface area contributed by atoms with Crippen molar-refractivity contribution in [1.82, 2.24) is 0 Å². The highest BCUT2D eigenvalue weighted by Crippen LogP contribution is 2.39. The molecule has 1 N–H and O–H groups in total. The molecule has 0 saturated heterocycles. The van der Waals surface area contributed by atoms with Crippen LogP contribution in [0.25, 0.3) is 5.76 Å². The van der Waals surface area contributed by atoms with Gasteiger partial charge in [-0.2, -0.15) is 0 Å². The first-order valence-corrected chi connectivity index (χ1v) is 5.78. The number of hydrogen-bond acceptors (Lipinski definition) is 5. The van der Waals surface area contributed by atoms with Crippen molar-refractivity contribution in [2.24, 2.45) is 0 Å². The highest BCUT2D eigenvalue weighted by atomic mass is 17.1. The Morgan fingerprint density at radius 1 is 1.26 bits per heavy atom. The van der Waals surface area contributed by atoms with E-state index >= 15 is 0 Å². The molecule has 5 heteroatoms. The minimum absolute atomic E-state index is 0.249. The smallest absolute Gasteiger partial charge is 0.308 e. The predicted octanol–water partition coefficient (Wildman–Crippen LogP) is 2.43. The summed E-state index contributed by atoms with van der Waals surface area (Å²) in [6.45, 7) is 4.29. The van der Waals surface area contributed by atoms with E-state index in [4.69, 9.17) is 9.99 Å². The Morgan fingerprint density at radius 3 is 2.37 bits per heavy atom. The lowest BCUT2D eigenvalue weighted by Crippen LogP contribution is -2.42. The van der Waals surface area contributed by atoms with Gasteiger partial charge in [0.15, 0.2) is 5.60 Å². The Kier molecular flexibility index (Phi) is 3.26. The van der Waals surface area contributed by atoms with Gasteiger partial charge in [-0.3, -0.25) is 14.8 Å². The van der Waals surface area contributed by atoms with E-state index in [1.807, 2.05) is 0 Å². The molecule has 0 heterocycles. The van der Waals surface area contributed by atoms with Crippen LogP contribution in [0.2, 0.25) is 0 Å². The van der Waals surface area contributed by atoms with Crippen molar-refractivity contribution >= 4 is 17.5 Å². The molecule has 0 radical (unpaired) electrons. The third-order valence-electron chi connectivity index (χ3n) is 3.33. The molecule has 0 spiro atoms. The van der Waals surface area contributed by atoms with Crippen LogP contribution in [0.4, 0.5) is 0 Å². The molecular weight excluding hydrogens is 248 g/mol. The van der Waals surface area contributed by atoms with E-state index in [1.165, 1.54) is 13.8 Å². The summed E-state index contributed by atoms with van der Waals surface area (Å²) in [5.74, 6) is -0.628. The van der Waals surface area contributed by atoms with Crippen molar-refractivity contribution < 1.29 is 24.5 Å². The highest BCUT2D eigenvalue weighted by molar-refractivity contribution is 6.11. The fourth-order valence-electron chi connectivity index (χ4n) is 2.11. The van der Waals surface area contributed by atoms with Crippen molar-refractivity contribution in [3.8, 4) is 0 Å². The number of Topliss-reactive ketones (excluding diaryl/α,β-unsaturated/α-hetero) is 1. The van der Waals surface area contributed by atoms with Crippen molar-refractivity contribution in [1.29, 1.82) is 0 Å². The van der Waals surface area contributed by atoms with Gasteiger partial charge in [-0.05, 0) is 13.8 Å². The maximum atomic E-state index is 12.4. The Morgan fingerprint density at radius 2 is 1.84 bits per heavy atom. The lowest BCUT2D eigenvalue weighted by atomic mass is 9.79. The van der Waals surface area contributed by atoms with E-state index < -0.39 is 11.6 Å². The van der Waals surface area contributed by atoms with Gasteiger partial charge in [0.05, 0.1) is 0 Å². The molecule has 1 unspecified atom stereocenters. The summed E-state index contributed by atoms with van der Waals surface area (Å²) < 4.78 is 5.17. The lowest BCUT2D eigenvalue weighted by molar-refractivity contribution is -0.288. The SMILES string of the molecule is CC(=O)OC1=C(C)C(C)(OO)C(=O)c2ccccc21. The Hall–Kier alpha value is -1.98. The molecule has 19 heavy (non-hydrogen) atoms. The van der Waals surface area contributed by atoms with Crippen LogP contribution in [0.1, 0.15) is 36.7 Å². The minimum Gasteiger partial charge on any atom is -0.426 e.